The Labute approximate surface area is 152 Å². The van der Waals surface area contributed by atoms with Crippen molar-refractivity contribution in [3.8, 4) is 0 Å². The van der Waals surface area contributed by atoms with Gasteiger partial charge < -0.3 is 9.47 Å². The van der Waals surface area contributed by atoms with Crippen LogP contribution in [0.1, 0.15) is 31.2 Å². The van der Waals surface area contributed by atoms with Crippen molar-refractivity contribution in [2.75, 3.05) is 20.3 Å². The van der Waals surface area contributed by atoms with Crippen LogP contribution in [0.4, 0.5) is 4.79 Å². The second-order valence-electron chi connectivity index (χ2n) is 6.68. The van der Waals surface area contributed by atoms with Crippen molar-refractivity contribution in [2.24, 2.45) is 5.41 Å². The largest absolute Gasteiger partial charge is 0.464 e. The predicted molar refractivity (Wildman–Crippen MR) is 91.6 cm³/mol. The number of hydrogen-bond acceptors (Lipinski definition) is 6. The van der Waals surface area contributed by atoms with E-state index < -0.39 is 12.1 Å². The van der Waals surface area contributed by atoms with Gasteiger partial charge in [-0.25, -0.2) is 19.4 Å². The van der Waals surface area contributed by atoms with Crippen LogP contribution >= 0.6 is 0 Å². The SMILES string of the molecule is COC(=O)C(NC(=O)OCc1ccccc1)=C1CCC2(CC1)COOC2. The highest BCUT2D eigenvalue weighted by Crippen LogP contribution is 2.42. The lowest BCUT2D eigenvalue weighted by Crippen LogP contribution is -2.33. The van der Waals surface area contributed by atoms with Gasteiger partial charge in [-0.1, -0.05) is 30.3 Å². The van der Waals surface area contributed by atoms with Gasteiger partial charge >= 0.3 is 12.1 Å². The third-order valence-corrected chi connectivity index (χ3v) is 4.91. The van der Waals surface area contributed by atoms with Crippen LogP contribution < -0.4 is 5.32 Å². The minimum Gasteiger partial charge on any atom is -0.464 e. The van der Waals surface area contributed by atoms with Crippen molar-refractivity contribution in [1.82, 2.24) is 5.32 Å². The molecule has 1 heterocycles. The average molecular weight is 361 g/mol. The highest BCUT2D eigenvalue weighted by molar-refractivity contribution is 5.93. The summed E-state index contributed by atoms with van der Waals surface area (Å²) < 4.78 is 10.0. The summed E-state index contributed by atoms with van der Waals surface area (Å²) in [6.45, 7) is 1.27. The normalized spacial score (nSPS) is 18.4. The summed E-state index contributed by atoms with van der Waals surface area (Å²) in [4.78, 5) is 34.3. The molecule has 1 amide bonds. The summed E-state index contributed by atoms with van der Waals surface area (Å²) >= 11 is 0. The first-order chi connectivity index (χ1) is 12.6. The summed E-state index contributed by atoms with van der Waals surface area (Å²) in [5.41, 5.74) is 1.93. The zero-order chi connectivity index (χ0) is 18.4. The molecule has 1 aromatic carbocycles. The molecular weight excluding hydrogens is 338 g/mol. The van der Waals surface area contributed by atoms with Crippen LogP contribution in [-0.2, 0) is 30.7 Å². The number of alkyl carbamates (subject to hydrolysis) is 1. The van der Waals surface area contributed by atoms with Gasteiger partial charge in [0.25, 0.3) is 0 Å². The van der Waals surface area contributed by atoms with E-state index in [0.29, 0.717) is 26.1 Å². The van der Waals surface area contributed by atoms with Gasteiger partial charge in [0, 0.05) is 5.41 Å². The van der Waals surface area contributed by atoms with Gasteiger partial charge in [-0.05, 0) is 36.8 Å². The number of hydrogen-bond donors (Lipinski definition) is 1. The Balaban J connectivity index is 1.62. The van der Waals surface area contributed by atoms with Crippen LogP contribution in [0.2, 0.25) is 0 Å². The fraction of sp³-hybridized carbons (Fsp3) is 0.474. The maximum atomic E-state index is 12.1. The maximum Gasteiger partial charge on any atom is 0.412 e. The van der Waals surface area contributed by atoms with E-state index in [2.05, 4.69) is 5.32 Å². The second kappa shape index (κ2) is 8.33. The molecule has 0 aromatic heterocycles. The summed E-state index contributed by atoms with van der Waals surface area (Å²) in [5, 5.41) is 2.57. The highest BCUT2D eigenvalue weighted by Gasteiger charge is 2.40. The Morgan fingerprint density at radius 1 is 1.12 bits per heavy atom. The highest BCUT2D eigenvalue weighted by atomic mass is 17.2. The van der Waals surface area contributed by atoms with Crippen LogP contribution in [0, 0.1) is 5.41 Å². The Kier molecular flexibility index (Phi) is 5.90. The van der Waals surface area contributed by atoms with Crippen molar-refractivity contribution in [2.45, 2.75) is 32.3 Å². The minimum absolute atomic E-state index is 0.0124. The molecule has 0 atom stereocenters. The Morgan fingerprint density at radius 2 is 1.77 bits per heavy atom. The van der Waals surface area contributed by atoms with E-state index >= 15 is 0 Å². The molecule has 2 aliphatic rings. The summed E-state index contributed by atoms with van der Waals surface area (Å²) in [6.07, 6.45) is 2.36. The molecule has 1 aliphatic carbocycles. The quantitative estimate of drug-likeness (QED) is 0.504. The van der Waals surface area contributed by atoms with Crippen LogP contribution in [0.15, 0.2) is 41.6 Å². The molecule has 0 unspecified atom stereocenters. The van der Waals surface area contributed by atoms with Gasteiger partial charge in [0.1, 0.15) is 12.3 Å². The molecule has 1 spiro atoms. The van der Waals surface area contributed by atoms with Crippen molar-refractivity contribution in [3.63, 3.8) is 0 Å². The molecular formula is C19H23NO6. The lowest BCUT2D eigenvalue weighted by atomic mass is 9.73. The number of amides is 1. The smallest absolute Gasteiger partial charge is 0.412 e. The summed E-state index contributed by atoms with van der Waals surface area (Å²) in [6, 6.07) is 9.34. The van der Waals surface area contributed by atoms with Crippen molar-refractivity contribution in [1.29, 1.82) is 0 Å². The average Bonchev–Trinajstić information content (AvgIpc) is 3.13. The first-order valence-electron chi connectivity index (χ1n) is 8.64. The van der Waals surface area contributed by atoms with Gasteiger partial charge in [-0.3, -0.25) is 5.32 Å². The topological polar surface area (TPSA) is 83.1 Å². The number of ether oxygens (including phenoxy) is 2. The third-order valence-electron chi connectivity index (χ3n) is 4.91. The van der Waals surface area contributed by atoms with Crippen LogP contribution in [0.5, 0.6) is 0 Å². The molecule has 1 aromatic rings. The van der Waals surface area contributed by atoms with E-state index in [-0.39, 0.29) is 17.7 Å². The third kappa shape index (κ3) is 4.42. The molecule has 0 radical (unpaired) electrons. The fourth-order valence-corrected chi connectivity index (χ4v) is 3.24. The van der Waals surface area contributed by atoms with E-state index in [1.807, 2.05) is 30.3 Å². The van der Waals surface area contributed by atoms with Gasteiger partial charge in [-0.15, -0.1) is 0 Å². The molecule has 3 rings (SSSR count). The van der Waals surface area contributed by atoms with Crippen molar-refractivity contribution >= 4 is 12.1 Å². The van der Waals surface area contributed by atoms with Gasteiger partial charge in [0.15, 0.2) is 0 Å². The van der Waals surface area contributed by atoms with E-state index in [0.717, 1.165) is 24.0 Å². The van der Waals surface area contributed by atoms with Crippen LogP contribution in [0.25, 0.3) is 0 Å². The second-order valence-corrected chi connectivity index (χ2v) is 6.68. The number of carbonyl (C=O) groups excluding carboxylic acids is 2. The van der Waals surface area contributed by atoms with E-state index in [1.54, 1.807) is 0 Å². The van der Waals surface area contributed by atoms with E-state index in [4.69, 9.17) is 19.2 Å². The summed E-state index contributed by atoms with van der Waals surface area (Å²) in [7, 11) is 1.29. The first kappa shape index (κ1) is 18.4. The van der Waals surface area contributed by atoms with Gasteiger partial charge in [-0.2, -0.15) is 0 Å². The molecule has 7 heteroatoms. The Bertz CT molecular complexity index is 667. The number of allylic oxidation sites excluding steroid dienone is 1. The molecule has 1 saturated carbocycles. The standard InChI is InChI=1S/C19H23NO6/c1-23-17(21)16(15-7-9-19(10-8-15)12-25-26-13-19)20-18(22)24-11-14-5-3-2-4-6-14/h2-6H,7-13H2,1H3,(H,20,22). The number of nitrogens with one attached hydrogen (secondary N) is 1. The van der Waals surface area contributed by atoms with E-state index in [1.165, 1.54) is 7.11 Å². The number of benzene rings is 1. The molecule has 1 saturated heterocycles. The molecule has 140 valence electrons. The monoisotopic (exact) mass is 361 g/mol. The summed E-state index contributed by atoms with van der Waals surface area (Å²) in [5.74, 6) is -0.563. The maximum absolute atomic E-state index is 12.1. The number of methoxy groups -OCH3 is 1. The molecule has 1 aliphatic heterocycles. The van der Waals surface area contributed by atoms with E-state index in [9.17, 15) is 9.59 Å². The van der Waals surface area contributed by atoms with Crippen molar-refractivity contribution < 1.29 is 28.8 Å². The minimum atomic E-state index is -0.672. The van der Waals surface area contributed by atoms with Crippen LogP contribution in [0.3, 0.4) is 0 Å². The molecule has 1 N–H and O–H groups in total. The molecule has 2 fully saturated rings. The van der Waals surface area contributed by atoms with Crippen molar-refractivity contribution in [3.05, 3.63) is 47.2 Å². The fourth-order valence-electron chi connectivity index (χ4n) is 3.24. The number of rotatable bonds is 4. The Morgan fingerprint density at radius 3 is 2.38 bits per heavy atom. The molecule has 26 heavy (non-hydrogen) atoms. The number of esters is 1. The zero-order valence-electron chi connectivity index (χ0n) is 14.8. The van der Waals surface area contributed by atoms with Gasteiger partial charge in [0.05, 0.1) is 20.3 Å². The lowest BCUT2D eigenvalue weighted by Gasteiger charge is -2.31. The number of carbonyl (C=O) groups is 2. The zero-order valence-corrected chi connectivity index (χ0v) is 14.8. The first-order valence-corrected chi connectivity index (χ1v) is 8.64. The van der Waals surface area contributed by atoms with Crippen LogP contribution in [-0.4, -0.2) is 32.4 Å². The lowest BCUT2D eigenvalue weighted by molar-refractivity contribution is -0.248. The molecule has 7 nitrogen and oxygen atoms in total. The predicted octanol–water partition coefficient (Wildman–Crippen LogP) is 2.86. The Hall–Kier alpha value is -2.38. The molecule has 0 bridgehead atoms. The van der Waals surface area contributed by atoms with Gasteiger partial charge in [0.2, 0.25) is 0 Å².